The molecule has 8 heavy (non-hydrogen) atoms. The van der Waals surface area contributed by atoms with Gasteiger partial charge in [0.05, 0.1) is 0 Å². The third kappa shape index (κ3) is 6.33. The Hall–Kier alpha value is 0.330. The van der Waals surface area contributed by atoms with Crippen molar-refractivity contribution in [2.75, 3.05) is 6.61 Å². The predicted molar refractivity (Wildman–Crippen MR) is 36.3 cm³/mol. The van der Waals surface area contributed by atoms with Gasteiger partial charge in [0, 0.05) is 6.61 Å². The molecule has 0 aliphatic heterocycles. The van der Waals surface area contributed by atoms with E-state index in [0.29, 0.717) is 6.61 Å². The van der Waals surface area contributed by atoms with Gasteiger partial charge in [0.1, 0.15) is 0 Å². The van der Waals surface area contributed by atoms with Gasteiger partial charge >= 0.3 is 0 Å². The summed E-state index contributed by atoms with van der Waals surface area (Å²) in [5.74, 6) is 0. The van der Waals surface area contributed by atoms with Gasteiger partial charge in [-0.1, -0.05) is 23.0 Å². The van der Waals surface area contributed by atoms with Crippen molar-refractivity contribution >= 4 is 20.8 Å². The van der Waals surface area contributed by atoms with Gasteiger partial charge in [0.15, 0.2) is 0 Å². The Bertz CT molecular complexity index is 101. The van der Waals surface area contributed by atoms with E-state index in [4.69, 9.17) is 0 Å². The van der Waals surface area contributed by atoms with Gasteiger partial charge in [-0.05, 0) is 6.42 Å². The maximum atomic E-state index is 10.0. The molecule has 2 nitrogen and oxygen atoms in total. The van der Waals surface area contributed by atoms with Crippen molar-refractivity contribution < 1.29 is 8.39 Å². The molecule has 0 aliphatic rings. The van der Waals surface area contributed by atoms with Crippen molar-refractivity contribution in [3.63, 3.8) is 0 Å². The molecule has 0 aliphatic carbocycles. The fourth-order valence-electron chi connectivity index (χ4n) is 0.271. The molecule has 0 bridgehead atoms. The van der Waals surface area contributed by atoms with E-state index >= 15 is 0 Å². The van der Waals surface area contributed by atoms with Gasteiger partial charge in [-0.2, -0.15) is 0 Å². The van der Waals surface area contributed by atoms with Gasteiger partial charge in [0.2, 0.25) is 0 Å². The first kappa shape index (κ1) is 8.33. The van der Waals surface area contributed by atoms with Crippen molar-refractivity contribution in [3.8, 4) is 0 Å². The van der Waals surface area contributed by atoms with Crippen LogP contribution in [0.1, 0.15) is 19.8 Å². The highest BCUT2D eigenvalue weighted by Crippen LogP contribution is 1.86. The van der Waals surface area contributed by atoms with Crippen LogP contribution in [0.15, 0.2) is 0 Å². The summed E-state index contributed by atoms with van der Waals surface area (Å²) in [6.45, 7) is 2.56. The normalized spacial score (nSPS) is 10.2. The second-order valence-electron chi connectivity index (χ2n) is 1.38. The standard InChI is InChI=1S/C4H9O2S2/c1-2-3-4-6-8(5)7/h2-4H2,1H3/q-1. The van der Waals surface area contributed by atoms with E-state index in [1.807, 2.05) is 6.92 Å². The molecule has 0 aromatic carbocycles. The first-order chi connectivity index (χ1) is 3.77. The second-order valence-corrected chi connectivity index (χ2v) is 2.84. The Labute approximate surface area is 56.1 Å². The molecule has 0 aromatic heterocycles. The summed E-state index contributed by atoms with van der Waals surface area (Å²) in [4.78, 5) is 0. The van der Waals surface area contributed by atoms with Gasteiger partial charge < -0.3 is 8.39 Å². The van der Waals surface area contributed by atoms with Crippen LogP contribution in [0.5, 0.6) is 0 Å². The van der Waals surface area contributed by atoms with Gasteiger partial charge in [0.25, 0.3) is 0 Å². The molecule has 0 heterocycles. The fraction of sp³-hybridized carbons (Fsp3) is 1.00. The summed E-state index contributed by atoms with van der Waals surface area (Å²) in [6.07, 6.45) is 1.98. The Morgan fingerprint density at radius 2 is 2.38 bits per heavy atom. The summed E-state index contributed by atoms with van der Waals surface area (Å²) in [6, 6.07) is 0. The predicted octanol–water partition coefficient (Wildman–Crippen LogP) is 1.14. The van der Waals surface area contributed by atoms with Crippen LogP contribution in [0.2, 0.25) is 0 Å². The van der Waals surface area contributed by atoms with E-state index in [0.717, 1.165) is 12.8 Å². The van der Waals surface area contributed by atoms with E-state index in [-0.39, 0.29) is 0 Å². The highest BCUT2D eigenvalue weighted by Gasteiger charge is 1.75. The Kier molecular flexibility index (Phi) is 5.69. The lowest BCUT2D eigenvalue weighted by Gasteiger charge is -2.00. The molecule has 0 N–H and O–H groups in total. The van der Waals surface area contributed by atoms with Crippen LogP contribution in [0, 0.1) is 0 Å². The largest absolute Gasteiger partial charge is 0.444 e. The molecule has 0 unspecified atom stereocenters. The molecule has 0 rings (SSSR count). The summed E-state index contributed by atoms with van der Waals surface area (Å²) in [5.41, 5.74) is 0. The van der Waals surface area contributed by atoms with Crippen LogP contribution >= 0.6 is 0 Å². The zero-order valence-electron chi connectivity index (χ0n) is 4.75. The maximum Gasteiger partial charge on any atom is 0.0257 e. The van der Waals surface area contributed by atoms with E-state index in [9.17, 15) is 4.21 Å². The highest BCUT2D eigenvalue weighted by atomic mass is 32.8. The number of hydrogen-bond acceptors (Lipinski definition) is 4. The number of unbranched alkanes of at least 4 members (excludes halogenated alkanes) is 1. The second kappa shape index (κ2) is 5.47. The molecule has 0 amide bonds. The lowest BCUT2D eigenvalue weighted by Crippen LogP contribution is -1.88. The average Bonchev–Trinajstić information content (AvgIpc) is 1.66. The summed E-state index contributed by atoms with van der Waals surface area (Å²) in [7, 11) is -1.48. The first-order valence-corrected chi connectivity index (χ1v) is 4.50. The van der Waals surface area contributed by atoms with Crippen LogP contribution in [0.4, 0.5) is 0 Å². The lowest BCUT2D eigenvalue weighted by atomic mass is 10.4. The number of hydrogen-bond donors (Lipinski definition) is 0. The van der Waals surface area contributed by atoms with E-state index in [1.54, 1.807) is 0 Å². The van der Waals surface area contributed by atoms with Crippen molar-refractivity contribution in [2.24, 2.45) is 0 Å². The fourth-order valence-corrected chi connectivity index (χ4v) is 0.729. The molecular formula is C4H9O2S2-. The molecule has 0 saturated heterocycles. The molecule has 0 spiro atoms. The third-order valence-corrected chi connectivity index (χ3v) is 1.33. The molecule has 0 saturated carbocycles. The topological polar surface area (TPSA) is 26.3 Å². The van der Waals surface area contributed by atoms with E-state index in [2.05, 4.69) is 15.4 Å². The van der Waals surface area contributed by atoms with Crippen LogP contribution in [0.25, 0.3) is 0 Å². The molecule has 0 radical (unpaired) electrons. The molecule has 0 fully saturated rings. The zero-order valence-corrected chi connectivity index (χ0v) is 6.39. The van der Waals surface area contributed by atoms with Crippen LogP contribution in [-0.4, -0.2) is 6.61 Å². The molecule has 50 valence electrons. The molecule has 0 aromatic rings. The van der Waals surface area contributed by atoms with Crippen molar-refractivity contribution in [3.05, 3.63) is 0 Å². The third-order valence-electron chi connectivity index (χ3n) is 0.677. The Morgan fingerprint density at radius 1 is 1.75 bits per heavy atom. The average molecular weight is 153 g/mol. The summed E-state index contributed by atoms with van der Waals surface area (Å²) < 4.78 is 14.6. The quantitative estimate of drug-likeness (QED) is 0.447. The van der Waals surface area contributed by atoms with Crippen LogP contribution in [-0.2, 0) is 29.2 Å². The SMILES string of the molecule is CCCCO[S-](=O)=S. The van der Waals surface area contributed by atoms with Gasteiger partial charge in [-0.15, -0.1) is 0 Å². The van der Waals surface area contributed by atoms with Crippen molar-refractivity contribution in [2.45, 2.75) is 19.8 Å². The first-order valence-electron chi connectivity index (χ1n) is 2.50. The van der Waals surface area contributed by atoms with Gasteiger partial charge in [-0.3, -0.25) is 0 Å². The minimum atomic E-state index is -1.48. The van der Waals surface area contributed by atoms with Gasteiger partial charge in [-0.25, -0.2) is 11.2 Å². The summed E-state index contributed by atoms with van der Waals surface area (Å²) >= 11 is 4.24. The monoisotopic (exact) mass is 153 g/mol. The van der Waals surface area contributed by atoms with Crippen LogP contribution < -0.4 is 0 Å². The minimum Gasteiger partial charge on any atom is -0.444 e. The Balaban J connectivity index is 2.94. The maximum absolute atomic E-state index is 10.0. The highest BCUT2D eigenvalue weighted by molar-refractivity contribution is 8.19. The number of rotatable bonds is 4. The molecular weight excluding hydrogens is 144 g/mol. The summed E-state index contributed by atoms with van der Waals surface area (Å²) in [5, 5.41) is 0. The smallest absolute Gasteiger partial charge is 0.0257 e. The van der Waals surface area contributed by atoms with Crippen molar-refractivity contribution in [1.82, 2.24) is 0 Å². The minimum absolute atomic E-state index is 0.520. The molecule has 0 atom stereocenters. The zero-order chi connectivity index (χ0) is 6.41. The molecule has 4 heteroatoms. The Morgan fingerprint density at radius 3 is 2.75 bits per heavy atom. The lowest BCUT2D eigenvalue weighted by molar-refractivity contribution is 0.341. The van der Waals surface area contributed by atoms with Crippen molar-refractivity contribution in [1.29, 1.82) is 0 Å². The van der Waals surface area contributed by atoms with E-state index < -0.39 is 9.64 Å². The van der Waals surface area contributed by atoms with E-state index in [1.165, 1.54) is 0 Å². The van der Waals surface area contributed by atoms with Crippen LogP contribution in [0.3, 0.4) is 0 Å².